The van der Waals surface area contributed by atoms with Gasteiger partial charge in [0, 0.05) is 69.5 Å². The van der Waals surface area contributed by atoms with Crippen LogP contribution in [0, 0.1) is 0 Å². The third kappa shape index (κ3) is 9.03. The van der Waals surface area contributed by atoms with Gasteiger partial charge in [-0.2, -0.15) is 9.97 Å². The number of aliphatic carboxylic acids is 2. The van der Waals surface area contributed by atoms with Gasteiger partial charge < -0.3 is 35.5 Å². The largest absolute Gasteiger partial charge is 0.744 e. The standard InChI is InChI=1S/C45H40BrN9O11S2/c1-54(27-9-6-23(7-10-27)43(58)50-33(44(59)60)14-15-36(56)57)22-26-21-48-41-38(49-26)42(52-45(47)51-41)53-67(61,62)28-11-13-30(35(20-28)68(63,64)65)37-29-12-8-25(46)19-34(29)66-40-31-5-3-17-55-16-2-4-24(39(31)55)18-32(37)40/h6-13,18-21,33H,2-5,14-17,22H2,1H3,(H6-,47,48,50,51,52,53,56,57,58,59,60,63,64,65)/t33-/m1/s1. The number of nitrogens with zero attached hydrogens (tertiary/aromatic N) is 6. The minimum atomic E-state index is -5.34. The number of nitrogens with two attached hydrogens (primary N) is 1. The Kier molecular flexibility index (Phi) is 12.1. The van der Waals surface area contributed by atoms with Crippen LogP contribution in [0.2, 0.25) is 0 Å². The van der Waals surface area contributed by atoms with E-state index in [0.29, 0.717) is 43.7 Å². The number of carboxylic acids is 2. The number of carbonyl (C=O) groups excluding carboxylic acids is 1. The van der Waals surface area contributed by atoms with Crippen molar-refractivity contribution in [1.29, 1.82) is 0 Å². The number of amides is 1. The van der Waals surface area contributed by atoms with E-state index in [1.165, 1.54) is 30.5 Å². The molecule has 1 amide bonds. The number of aryl methyl sites for hydroxylation is 1. The van der Waals surface area contributed by atoms with Crippen molar-refractivity contribution in [2.24, 2.45) is 0 Å². The third-order valence-corrected chi connectivity index (χ3v) is 14.6. The molecule has 23 heteroatoms. The molecular weight excluding hydrogens is 987 g/mol. The normalized spacial score (nSPS) is 14.5. The van der Waals surface area contributed by atoms with E-state index in [1.807, 2.05) is 6.07 Å². The lowest BCUT2D eigenvalue weighted by molar-refractivity contribution is -0.140. The van der Waals surface area contributed by atoms with Crippen molar-refractivity contribution in [2.45, 2.75) is 60.9 Å². The number of halogens is 1. The fraction of sp³-hybridized carbons (Fsp3) is 0.244. The molecule has 0 aliphatic carbocycles. The highest BCUT2D eigenvalue weighted by atomic mass is 79.9. The fourth-order valence-corrected chi connectivity index (χ4v) is 11.0. The number of nitrogens with one attached hydrogen (secondary N) is 2. The van der Waals surface area contributed by atoms with Gasteiger partial charge in [-0.15, -0.1) is 0 Å². The number of benzene rings is 4. The van der Waals surface area contributed by atoms with Gasteiger partial charge in [0.2, 0.25) is 11.3 Å². The van der Waals surface area contributed by atoms with Gasteiger partial charge in [-0.1, -0.05) is 22.0 Å². The Morgan fingerprint density at radius 2 is 1.69 bits per heavy atom. The summed E-state index contributed by atoms with van der Waals surface area (Å²) >= 11 is 3.51. The number of hydrogen-bond donors (Lipinski definition) is 5. The second-order valence-corrected chi connectivity index (χ2v) is 20.4. The number of carboxylic acid groups (broad SMARTS) is 2. The second kappa shape index (κ2) is 17.9. The van der Waals surface area contributed by atoms with Crippen LogP contribution in [0.1, 0.15) is 64.0 Å². The van der Waals surface area contributed by atoms with E-state index in [2.05, 4.69) is 50.5 Å². The van der Waals surface area contributed by atoms with E-state index in [1.54, 1.807) is 42.3 Å². The summed E-state index contributed by atoms with van der Waals surface area (Å²) in [7, 11) is -8.36. The van der Waals surface area contributed by atoms with Gasteiger partial charge in [0.15, 0.2) is 17.0 Å². The van der Waals surface area contributed by atoms with Crippen LogP contribution < -0.4 is 40.6 Å². The molecule has 0 unspecified atom stereocenters. The predicted molar refractivity (Wildman–Crippen MR) is 248 cm³/mol. The molecule has 0 spiro atoms. The zero-order chi connectivity index (χ0) is 48.2. The number of ether oxygens (including phenoxy) is 1. The van der Waals surface area contributed by atoms with Crippen LogP contribution in [0.25, 0.3) is 16.7 Å². The number of carbonyl (C=O) groups is 3. The monoisotopic (exact) mass is 1030 g/mol. The molecule has 6 aromatic rings. The minimum Gasteiger partial charge on any atom is -0.744 e. The zero-order valence-corrected chi connectivity index (χ0v) is 39.1. The summed E-state index contributed by atoms with van der Waals surface area (Å²) in [6.45, 7) is 1.90. The van der Waals surface area contributed by atoms with Gasteiger partial charge in [0.25, 0.3) is 15.9 Å². The molecule has 0 bridgehead atoms. The first-order valence-electron chi connectivity index (χ1n) is 21.1. The molecule has 350 valence electrons. The molecule has 0 saturated heterocycles. The van der Waals surface area contributed by atoms with Gasteiger partial charge in [-0.25, -0.2) is 36.2 Å². The number of sulfonamides is 1. The minimum absolute atomic E-state index is 0.00299. The molecule has 0 radical (unpaired) electrons. The van der Waals surface area contributed by atoms with E-state index in [0.717, 1.165) is 61.3 Å². The van der Waals surface area contributed by atoms with Crippen LogP contribution in [0.4, 0.5) is 17.5 Å². The Morgan fingerprint density at radius 3 is 2.41 bits per heavy atom. The van der Waals surface area contributed by atoms with Gasteiger partial charge >= 0.3 is 11.9 Å². The Hall–Kier alpha value is -7.08. The lowest BCUT2D eigenvalue weighted by atomic mass is 9.87. The highest BCUT2D eigenvalue weighted by Gasteiger charge is 2.33. The highest BCUT2D eigenvalue weighted by Crippen LogP contribution is 2.41. The molecule has 6 N–H and O–H groups in total. The molecule has 1 atom stereocenters. The van der Waals surface area contributed by atoms with Crippen molar-refractivity contribution >= 4 is 88.1 Å². The summed E-state index contributed by atoms with van der Waals surface area (Å²) in [5, 5.41) is 22.4. The summed E-state index contributed by atoms with van der Waals surface area (Å²) in [6, 6.07) is 15.3. The number of rotatable bonds is 14. The molecule has 0 saturated carbocycles. The Labute approximate surface area is 396 Å². The van der Waals surface area contributed by atoms with E-state index < -0.39 is 60.2 Å². The molecule has 3 aliphatic rings. The maximum Gasteiger partial charge on any atom is 0.326 e. The van der Waals surface area contributed by atoms with Crippen LogP contribution in [-0.4, -0.2) is 95.6 Å². The predicted octanol–water partition coefficient (Wildman–Crippen LogP) is 2.89. The first kappa shape index (κ1) is 46.0. The van der Waals surface area contributed by atoms with Gasteiger partial charge in [-0.05, 0) is 79.9 Å². The van der Waals surface area contributed by atoms with Crippen molar-refractivity contribution in [1.82, 2.24) is 29.8 Å². The smallest absolute Gasteiger partial charge is 0.326 e. The molecule has 3 aliphatic heterocycles. The summed E-state index contributed by atoms with van der Waals surface area (Å²) in [6.07, 6.45) is 3.99. The molecular formula is C45H40BrN9O11S2. The van der Waals surface area contributed by atoms with Crippen LogP contribution in [0.5, 0.6) is 11.5 Å². The molecule has 0 fully saturated rings. The van der Waals surface area contributed by atoms with Crippen molar-refractivity contribution < 1.29 is 50.7 Å². The number of anilines is 3. The van der Waals surface area contributed by atoms with Gasteiger partial charge in [0.1, 0.15) is 40.7 Å². The Morgan fingerprint density at radius 1 is 0.956 bits per heavy atom. The fourth-order valence-electron chi connectivity index (χ4n) is 8.81. The van der Waals surface area contributed by atoms with Crippen LogP contribution in [0.15, 0.2) is 87.2 Å². The van der Waals surface area contributed by atoms with Crippen molar-refractivity contribution in [3.63, 3.8) is 0 Å². The first-order chi connectivity index (χ1) is 32.3. The maximum atomic E-state index is 14.2. The van der Waals surface area contributed by atoms with E-state index in [9.17, 15) is 40.9 Å². The lowest BCUT2D eigenvalue weighted by Gasteiger charge is -2.27. The molecule has 2 aromatic heterocycles. The van der Waals surface area contributed by atoms with Crippen LogP contribution in [0.3, 0.4) is 0 Å². The molecule has 68 heavy (non-hydrogen) atoms. The van der Waals surface area contributed by atoms with Crippen molar-refractivity contribution in [3.8, 4) is 11.5 Å². The van der Waals surface area contributed by atoms with E-state index in [-0.39, 0.29) is 47.0 Å². The van der Waals surface area contributed by atoms with Crippen LogP contribution in [-0.2, 0) is 49.1 Å². The summed E-state index contributed by atoms with van der Waals surface area (Å²) in [5.74, 6) is -3.02. The highest BCUT2D eigenvalue weighted by molar-refractivity contribution is 9.10. The number of fused-ring (bicyclic) bond motifs is 4. The molecule has 20 nitrogen and oxygen atoms in total. The summed E-state index contributed by atoms with van der Waals surface area (Å²) < 4.78 is 80.3. The SMILES string of the molecule is CN(Cc1cnc2nc(N)nc(NS(=O)(=O)c3ccc(C4=c5cc6c7c(c5Oc5cc(Br)ccc54)CCC[N+]=7CCC6)c(S(=O)(=O)[O-])c3)c2n1)c1ccc(C(=O)N[C@H](CCC(=O)O)C(=O)O)cc1. The van der Waals surface area contributed by atoms with Crippen molar-refractivity contribution in [2.75, 3.05) is 35.5 Å². The van der Waals surface area contributed by atoms with E-state index >= 15 is 0 Å². The first-order valence-corrected chi connectivity index (χ1v) is 24.8. The lowest BCUT2D eigenvalue weighted by Crippen LogP contribution is -2.45. The number of hydrogen-bond acceptors (Lipinski definition) is 15. The number of nitrogen functional groups attached to an aromatic ring is 1. The Bertz CT molecular complexity index is 3500. The van der Waals surface area contributed by atoms with E-state index in [4.69, 9.17) is 15.6 Å². The average Bonchev–Trinajstić information content (AvgIpc) is 3.29. The van der Waals surface area contributed by atoms with Gasteiger partial charge in [-0.3, -0.25) is 14.3 Å². The third-order valence-electron chi connectivity index (χ3n) is 11.9. The number of aromatic nitrogens is 4. The topological polar surface area (TPSA) is 300 Å². The van der Waals surface area contributed by atoms with Crippen LogP contribution >= 0.6 is 15.9 Å². The quantitative estimate of drug-likeness (QED) is 0.0773. The Balaban J connectivity index is 1.03. The zero-order valence-electron chi connectivity index (χ0n) is 35.9. The molecule has 5 heterocycles. The summed E-state index contributed by atoms with van der Waals surface area (Å²) in [5.41, 5.74) is 9.82. The molecule has 9 rings (SSSR count). The maximum absolute atomic E-state index is 14.2. The van der Waals surface area contributed by atoms with Crippen molar-refractivity contribution in [3.05, 3.63) is 121 Å². The average molecular weight is 1030 g/mol. The second-order valence-electron chi connectivity index (χ2n) is 16.4. The van der Waals surface area contributed by atoms with Gasteiger partial charge in [0.05, 0.1) is 33.8 Å². The summed E-state index contributed by atoms with van der Waals surface area (Å²) in [4.78, 5) is 52.8. The molecule has 4 aromatic carbocycles.